The molecule has 1 heteroatoms. The Bertz CT molecular complexity index is 528. The van der Waals surface area contributed by atoms with Crippen molar-refractivity contribution < 1.29 is 4.79 Å². The molecule has 0 spiro atoms. The molecule has 96 valence electrons. The second kappa shape index (κ2) is 4.65. The summed E-state index contributed by atoms with van der Waals surface area (Å²) in [6.07, 6.45) is 2.02. The summed E-state index contributed by atoms with van der Waals surface area (Å²) < 4.78 is 0. The van der Waals surface area contributed by atoms with Crippen LogP contribution in [0.25, 0.3) is 0 Å². The minimum atomic E-state index is -0.164. The molecule has 1 nitrogen and oxygen atoms in total. The van der Waals surface area contributed by atoms with Gasteiger partial charge in [-0.1, -0.05) is 60.7 Å². The molecule has 0 aliphatic heterocycles. The molecule has 0 saturated heterocycles. The van der Waals surface area contributed by atoms with E-state index in [0.29, 0.717) is 5.78 Å². The Morgan fingerprint density at radius 2 is 1.32 bits per heavy atom. The lowest BCUT2D eigenvalue weighted by atomic mass is 9.76. The number of hydrogen-bond acceptors (Lipinski definition) is 1. The molecule has 0 unspecified atom stereocenters. The lowest BCUT2D eigenvalue weighted by Crippen LogP contribution is -2.22. The van der Waals surface area contributed by atoms with Crippen LogP contribution in [0.3, 0.4) is 0 Å². The molecule has 2 aromatic rings. The van der Waals surface area contributed by atoms with Crippen LogP contribution in [0, 0.1) is 5.41 Å². The van der Waals surface area contributed by atoms with Gasteiger partial charge in [-0.15, -0.1) is 0 Å². The molecule has 0 aromatic heterocycles. The molecule has 0 atom stereocenters. The molecule has 0 radical (unpaired) electrons. The van der Waals surface area contributed by atoms with E-state index in [1.807, 2.05) is 12.1 Å². The maximum absolute atomic E-state index is 12.1. The Balaban J connectivity index is 2.10. The summed E-state index contributed by atoms with van der Waals surface area (Å²) in [7, 11) is 0. The lowest BCUT2D eigenvalue weighted by molar-refractivity contribution is -0.122. The zero-order chi connectivity index (χ0) is 13.3. The maximum Gasteiger partial charge on any atom is 0.136 e. The first kappa shape index (κ1) is 12.2. The van der Waals surface area contributed by atoms with Crippen LogP contribution < -0.4 is 0 Å². The van der Waals surface area contributed by atoms with Crippen LogP contribution in [0.15, 0.2) is 60.7 Å². The third-order valence-electron chi connectivity index (χ3n) is 4.31. The van der Waals surface area contributed by atoms with Crippen LogP contribution in [0.5, 0.6) is 0 Å². The summed E-state index contributed by atoms with van der Waals surface area (Å²) in [6, 6.07) is 20.8. The van der Waals surface area contributed by atoms with Crippen molar-refractivity contribution in [3.63, 3.8) is 0 Å². The standard InChI is InChI=1S/C18H18O/c1-14(19)18(12-13-18)17(15-8-4-2-5-9-15)16-10-6-3-7-11-16/h2-11,17H,12-13H2,1H3. The van der Waals surface area contributed by atoms with Gasteiger partial charge in [0.15, 0.2) is 0 Å². The van der Waals surface area contributed by atoms with Crippen molar-refractivity contribution in [1.29, 1.82) is 0 Å². The third-order valence-corrected chi connectivity index (χ3v) is 4.31. The van der Waals surface area contributed by atoms with Gasteiger partial charge in [-0.25, -0.2) is 0 Å². The van der Waals surface area contributed by atoms with E-state index in [4.69, 9.17) is 0 Å². The predicted octanol–water partition coefficient (Wildman–Crippen LogP) is 4.19. The van der Waals surface area contributed by atoms with Crippen molar-refractivity contribution >= 4 is 5.78 Å². The number of Topliss-reactive ketones (excluding diaryl/α,β-unsaturated/α-hetero) is 1. The lowest BCUT2D eigenvalue weighted by Gasteiger charge is -2.26. The van der Waals surface area contributed by atoms with E-state index in [9.17, 15) is 4.79 Å². The Kier molecular flexibility index (Phi) is 2.98. The van der Waals surface area contributed by atoms with Crippen LogP contribution in [-0.4, -0.2) is 5.78 Å². The Labute approximate surface area is 114 Å². The molecule has 3 rings (SSSR count). The highest BCUT2D eigenvalue weighted by Crippen LogP contribution is 2.59. The molecular formula is C18H18O. The third kappa shape index (κ3) is 2.10. The van der Waals surface area contributed by atoms with E-state index < -0.39 is 0 Å². The van der Waals surface area contributed by atoms with E-state index in [-0.39, 0.29) is 11.3 Å². The summed E-state index contributed by atoms with van der Waals surface area (Å²) in [6.45, 7) is 1.74. The predicted molar refractivity (Wildman–Crippen MR) is 77.1 cm³/mol. The zero-order valence-electron chi connectivity index (χ0n) is 11.2. The van der Waals surface area contributed by atoms with E-state index in [0.717, 1.165) is 12.8 Å². The number of carbonyl (C=O) groups is 1. The highest BCUT2D eigenvalue weighted by Gasteiger charge is 2.54. The van der Waals surface area contributed by atoms with Crippen LogP contribution >= 0.6 is 0 Å². The zero-order valence-corrected chi connectivity index (χ0v) is 11.2. The normalized spacial score (nSPS) is 16.3. The van der Waals surface area contributed by atoms with Gasteiger partial charge in [0.1, 0.15) is 5.78 Å². The number of ketones is 1. The molecule has 1 saturated carbocycles. The van der Waals surface area contributed by atoms with E-state index in [1.54, 1.807) is 6.92 Å². The number of hydrogen-bond donors (Lipinski definition) is 0. The molecule has 0 N–H and O–H groups in total. The van der Waals surface area contributed by atoms with Crippen LogP contribution in [-0.2, 0) is 4.79 Å². The summed E-state index contributed by atoms with van der Waals surface area (Å²) >= 11 is 0. The van der Waals surface area contributed by atoms with Crippen molar-refractivity contribution in [1.82, 2.24) is 0 Å². The molecular weight excluding hydrogens is 232 g/mol. The maximum atomic E-state index is 12.1. The summed E-state index contributed by atoms with van der Waals surface area (Å²) in [5.74, 6) is 0.526. The SMILES string of the molecule is CC(=O)C1(C(c2ccccc2)c2ccccc2)CC1. The van der Waals surface area contributed by atoms with Gasteiger partial charge in [0, 0.05) is 11.3 Å². The van der Waals surface area contributed by atoms with Gasteiger partial charge < -0.3 is 0 Å². The molecule has 0 bridgehead atoms. The average Bonchev–Trinajstić information content (AvgIpc) is 3.23. The van der Waals surface area contributed by atoms with Crippen molar-refractivity contribution in [2.45, 2.75) is 25.7 Å². The van der Waals surface area contributed by atoms with E-state index in [1.165, 1.54) is 11.1 Å². The number of rotatable bonds is 4. The Morgan fingerprint density at radius 3 is 1.63 bits per heavy atom. The molecule has 0 amide bonds. The molecule has 0 heterocycles. The first-order chi connectivity index (χ1) is 9.24. The second-order valence-electron chi connectivity index (χ2n) is 5.47. The van der Waals surface area contributed by atoms with E-state index in [2.05, 4.69) is 48.5 Å². The molecule has 2 aromatic carbocycles. The Hall–Kier alpha value is -1.89. The fraction of sp³-hybridized carbons (Fsp3) is 0.278. The first-order valence-corrected chi connectivity index (χ1v) is 6.85. The molecule has 1 aliphatic rings. The van der Waals surface area contributed by atoms with Gasteiger partial charge in [-0.3, -0.25) is 4.79 Å². The van der Waals surface area contributed by atoms with Crippen LogP contribution in [0.2, 0.25) is 0 Å². The van der Waals surface area contributed by atoms with Gasteiger partial charge in [0.05, 0.1) is 0 Å². The highest BCUT2D eigenvalue weighted by atomic mass is 16.1. The topological polar surface area (TPSA) is 17.1 Å². The van der Waals surface area contributed by atoms with Crippen molar-refractivity contribution in [2.24, 2.45) is 5.41 Å². The van der Waals surface area contributed by atoms with Gasteiger partial charge in [-0.05, 0) is 30.9 Å². The van der Waals surface area contributed by atoms with Gasteiger partial charge in [-0.2, -0.15) is 0 Å². The minimum absolute atomic E-state index is 0.164. The van der Waals surface area contributed by atoms with E-state index >= 15 is 0 Å². The molecule has 1 aliphatic carbocycles. The smallest absolute Gasteiger partial charge is 0.136 e. The monoisotopic (exact) mass is 250 g/mol. The number of carbonyl (C=O) groups excluding carboxylic acids is 1. The fourth-order valence-corrected chi connectivity index (χ4v) is 3.10. The summed E-state index contributed by atoms with van der Waals surface area (Å²) in [5.41, 5.74) is 2.34. The van der Waals surface area contributed by atoms with Crippen LogP contribution in [0.1, 0.15) is 36.8 Å². The van der Waals surface area contributed by atoms with Gasteiger partial charge >= 0.3 is 0 Å². The fourth-order valence-electron chi connectivity index (χ4n) is 3.10. The summed E-state index contributed by atoms with van der Waals surface area (Å²) in [4.78, 5) is 12.1. The van der Waals surface area contributed by atoms with Crippen molar-refractivity contribution in [2.75, 3.05) is 0 Å². The van der Waals surface area contributed by atoms with Gasteiger partial charge in [0.2, 0.25) is 0 Å². The van der Waals surface area contributed by atoms with Crippen LogP contribution in [0.4, 0.5) is 0 Å². The second-order valence-corrected chi connectivity index (χ2v) is 5.47. The highest BCUT2D eigenvalue weighted by molar-refractivity contribution is 5.87. The van der Waals surface area contributed by atoms with Crippen molar-refractivity contribution in [3.05, 3.63) is 71.8 Å². The largest absolute Gasteiger partial charge is 0.299 e. The minimum Gasteiger partial charge on any atom is -0.299 e. The Morgan fingerprint density at radius 1 is 0.895 bits per heavy atom. The van der Waals surface area contributed by atoms with Gasteiger partial charge in [0.25, 0.3) is 0 Å². The molecule has 1 fully saturated rings. The first-order valence-electron chi connectivity index (χ1n) is 6.85. The van der Waals surface area contributed by atoms with Crippen molar-refractivity contribution in [3.8, 4) is 0 Å². The molecule has 19 heavy (non-hydrogen) atoms. The quantitative estimate of drug-likeness (QED) is 0.795. The number of benzene rings is 2. The summed E-state index contributed by atoms with van der Waals surface area (Å²) in [5, 5.41) is 0. The average molecular weight is 250 g/mol.